The average Bonchev–Trinajstić information content (AvgIpc) is 2.79. The summed E-state index contributed by atoms with van der Waals surface area (Å²) in [5.41, 5.74) is 0.889. The number of nitrogens with zero attached hydrogens (tertiary/aromatic N) is 1. The van der Waals surface area contributed by atoms with E-state index in [-0.39, 0.29) is 18.4 Å². The Morgan fingerprint density at radius 3 is 3.11 bits per heavy atom. The first kappa shape index (κ1) is 14.1. The van der Waals surface area contributed by atoms with Crippen LogP contribution < -0.4 is 4.90 Å². The second-order valence-corrected chi connectivity index (χ2v) is 5.64. The molecule has 1 aromatic rings. The summed E-state index contributed by atoms with van der Waals surface area (Å²) in [5.74, 6) is -0.301. The molecule has 1 aliphatic heterocycles. The number of aryl methyl sites for hydroxylation is 1. The number of carbonyl (C=O) groups excluding carboxylic acids is 2. The van der Waals surface area contributed by atoms with Gasteiger partial charge < -0.3 is 9.64 Å². The van der Waals surface area contributed by atoms with Crippen molar-refractivity contribution in [2.24, 2.45) is 0 Å². The molecule has 0 aliphatic carbocycles. The van der Waals surface area contributed by atoms with E-state index in [1.54, 1.807) is 16.2 Å². The van der Waals surface area contributed by atoms with Gasteiger partial charge in [0.1, 0.15) is 6.54 Å². The van der Waals surface area contributed by atoms with Crippen LogP contribution in [0.3, 0.4) is 0 Å². The van der Waals surface area contributed by atoms with Crippen LogP contribution in [0, 0.1) is 0 Å². The molecule has 1 aliphatic rings. The molecule has 104 valence electrons. The van der Waals surface area contributed by atoms with Crippen molar-refractivity contribution >= 4 is 28.9 Å². The first-order chi connectivity index (χ1) is 9.22. The first-order valence-corrected chi connectivity index (χ1v) is 7.62. The largest absolute Gasteiger partial charge is 0.464 e. The number of anilines is 1. The Balaban J connectivity index is 2.02. The number of amides is 1. The Morgan fingerprint density at radius 2 is 2.32 bits per heavy atom. The van der Waals surface area contributed by atoms with Crippen molar-refractivity contribution in [1.82, 2.24) is 0 Å². The summed E-state index contributed by atoms with van der Waals surface area (Å²) in [5, 5.41) is 1.97. The summed E-state index contributed by atoms with van der Waals surface area (Å²) in [6.07, 6.45) is 4.13. The second-order valence-electron chi connectivity index (χ2n) is 4.64. The predicted molar refractivity (Wildman–Crippen MR) is 75.5 cm³/mol. The topological polar surface area (TPSA) is 46.6 Å². The van der Waals surface area contributed by atoms with Crippen LogP contribution in [-0.4, -0.2) is 25.0 Å². The van der Waals surface area contributed by atoms with E-state index in [1.165, 1.54) is 4.88 Å². The van der Waals surface area contributed by atoms with Gasteiger partial charge in [0.05, 0.1) is 12.3 Å². The Hall–Kier alpha value is -1.36. The van der Waals surface area contributed by atoms with Gasteiger partial charge in [-0.15, -0.1) is 11.3 Å². The van der Waals surface area contributed by atoms with Gasteiger partial charge in [-0.25, -0.2) is 0 Å². The van der Waals surface area contributed by atoms with Crippen LogP contribution in [0.1, 0.15) is 37.5 Å². The molecule has 5 heteroatoms. The summed E-state index contributed by atoms with van der Waals surface area (Å²) >= 11 is 1.65. The third kappa shape index (κ3) is 3.56. The van der Waals surface area contributed by atoms with Gasteiger partial charge in [-0.2, -0.15) is 0 Å². The van der Waals surface area contributed by atoms with E-state index in [0.29, 0.717) is 13.0 Å². The third-order valence-corrected chi connectivity index (χ3v) is 4.13. The van der Waals surface area contributed by atoms with Crippen LogP contribution in [0.15, 0.2) is 11.4 Å². The molecule has 4 nitrogen and oxygen atoms in total. The van der Waals surface area contributed by atoms with Crippen LogP contribution in [-0.2, 0) is 20.7 Å². The Kier molecular flexibility index (Phi) is 4.96. The zero-order valence-corrected chi connectivity index (χ0v) is 12.0. The Labute approximate surface area is 117 Å². The fraction of sp³-hybridized carbons (Fsp3) is 0.571. The van der Waals surface area contributed by atoms with Crippen LogP contribution >= 0.6 is 11.3 Å². The van der Waals surface area contributed by atoms with E-state index < -0.39 is 0 Å². The highest BCUT2D eigenvalue weighted by Crippen LogP contribution is 2.31. The molecule has 0 radical (unpaired) electrons. The highest BCUT2D eigenvalue weighted by Gasteiger charge is 2.25. The van der Waals surface area contributed by atoms with Crippen molar-refractivity contribution in [3.05, 3.63) is 16.3 Å². The standard InChI is InChI=1S/C14H19NO3S/c1-2-3-8-18-14(17)10-15-11-7-9-19-12(11)5-4-6-13(15)16/h7,9H,2-6,8,10H2,1H3. The number of hydrogen-bond donors (Lipinski definition) is 0. The fourth-order valence-electron chi connectivity index (χ4n) is 2.11. The number of fused-ring (bicyclic) bond motifs is 1. The highest BCUT2D eigenvalue weighted by molar-refractivity contribution is 7.10. The minimum atomic E-state index is -0.319. The lowest BCUT2D eigenvalue weighted by atomic mass is 10.2. The normalized spacial score (nSPS) is 15.0. The summed E-state index contributed by atoms with van der Waals surface area (Å²) in [7, 11) is 0. The van der Waals surface area contributed by atoms with Gasteiger partial charge in [-0.1, -0.05) is 13.3 Å². The molecule has 1 aromatic heterocycles. The van der Waals surface area contributed by atoms with Gasteiger partial charge in [0.2, 0.25) is 5.91 Å². The van der Waals surface area contributed by atoms with Gasteiger partial charge in [0.25, 0.3) is 0 Å². The molecule has 19 heavy (non-hydrogen) atoms. The minimum absolute atomic E-state index is 0.0181. The molecule has 0 saturated carbocycles. The van der Waals surface area contributed by atoms with Gasteiger partial charge in [-0.05, 0) is 30.7 Å². The van der Waals surface area contributed by atoms with E-state index in [1.807, 2.05) is 18.4 Å². The van der Waals surface area contributed by atoms with Crippen molar-refractivity contribution in [2.75, 3.05) is 18.1 Å². The number of rotatable bonds is 5. The number of thiophene rings is 1. The van der Waals surface area contributed by atoms with Gasteiger partial charge in [0, 0.05) is 11.3 Å². The molecule has 2 rings (SSSR count). The van der Waals surface area contributed by atoms with Crippen molar-refractivity contribution in [3.8, 4) is 0 Å². The molecule has 0 N–H and O–H groups in total. The van der Waals surface area contributed by atoms with Crippen LogP contribution in [0.4, 0.5) is 5.69 Å². The average molecular weight is 281 g/mol. The number of esters is 1. The van der Waals surface area contributed by atoms with Crippen molar-refractivity contribution in [2.45, 2.75) is 39.0 Å². The first-order valence-electron chi connectivity index (χ1n) is 6.74. The molecule has 0 unspecified atom stereocenters. The summed E-state index contributed by atoms with van der Waals surface area (Å²) in [4.78, 5) is 26.6. The number of carbonyl (C=O) groups is 2. The van der Waals surface area contributed by atoms with E-state index >= 15 is 0 Å². The zero-order chi connectivity index (χ0) is 13.7. The summed E-state index contributed by atoms with van der Waals surface area (Å²) < 4.78 is 5.14. The maximum absolute atomic E-state index is 12.1. The molecule has 0 aromatic carbocycles. The molecular weight excluding hydrogens is 262 g/mol. The highest BCUT2D eigenvalue weighted by atomic mass is 32.1. The molecule has 0 atom stereocenters. The molecular formula is C14H19NO3S. The lowest BCUT2D eigenvalue weighted by Gasteiger charge is -2.20. The lowest BCUT2D eigenvalue weighted by Crippen LogP contribution is -2.35. The maximum atomic E-state index is 12.1. The van der Waals surface area contributed by atoms with E-state index in [0.717, 1.165) is 31.4 Å². The number of hydrogen-bond acceptors (Lipinski definition) is 4. The predicted octanol–water partition coefficient (Wildman–Crippen LogP) is 2.76. The van der Waals surface area contributed by atoms with E-state index in [2.05, 4.69) is 0 Å². The molecule has 2 heterocycles. The summed E-state index contributed by atoms with van der Waals surface area (Å²) in [6.45, 7) is 2.52. The van der Waals surface area contributed by atoms with Crippen molar-refractivity contribution < 1.29 is 14.3 Å². The van der Waals surface area contributed by atoms with Gasteiger partial charge in [0.15, 0.2) is 0 Å². The third-order valence-electron chi connectivity index (χ3n) is 3.16. The molecule has 0 bridgehead atoms. The monoisotopic (exact) mass is 281 g/mol. The molecule has 0 spiro atoms. The summed E-state index contributed by atoms with van der Waals surface area (Å²) in [6, 6.07) is 1.92. The smallest absolute Gasteiger partial charge is 0.326 e. The minimum Gasteiger partial charge on any atom is -0.464 e. The molecule has 1 amide bonds. The number of ether oxygens (including phenoxy) is 1. The molecule has 0 fully saturated rings. The molecule has 0 saturated heterocycles. The fourth-order valence-corrected chi connectivity index (χ4v) is 3.03. The lowest BCUT2D eigenvalue weighted by molar-refractivity contribution is -0.143. The van der Waals surface area contributed by atoms with Crippen molar-refractivity contribution in [3.63, 3.8) is 0 Å². The van der Waals surface area contributed by atoms with Gasteiger partial charge in [-0.3, -0.25) is 9.59 Å². The van der Waals surface area contributed by atoms with E-state index in [4.69, 9.17) is 4.74 Å². The zero-order valence-electron chi connectivity index (χ0n) is 11.2. The van der Waals surface area contributed by atoms with Crippen LogP contribution in [0.5, 0.6) is 0 Å². The van der Waals surface area contributed by atoms with Crippen LogP contribution in [0.2, 0.25) is 0 Å². The quantitative estimate of drug-likeness (QED) is 0.616. The maximum Gasteiger partial charge on any atom is 0.326 e. The SMILES string of the molecule is CCCCOC(=O)CN1C(=O)CCCc2sccc21. The Morgan fingerprint density at radius 1 is 1.47 bits per heavy atom. The van der Waals surface area contributed by atoms with Crippen molar-refractivity contribution in [1.29, 1.82) is 0 Å². The number of unbranched alkanes of at least 4 members (excludes halogenated alkanes) is 1. The van der Waals surface area contributed by atoms with Crippen LogP contribution in [0.25, 0.3) is 0 Å². The second kappa shape index (κ2) is 6.70. The van der Waals surface area contributed by atoms with Gasteiger partial charge >= 0.3 is 5.97 Å². The Bertz CT molecular complexity index is 455. The van der Waals surface area contributed by atoms with E-state index in [9.17, 15) is 9.59 Å².